The van der Waals surface area contributed by atoms with Crippen molar-refractivity contribution >= 4 is 17.7 Å². The van der Waals surface area contributed by atoms with Gasteiger partial charge in [-0.3, -0.25) is 0 Å². The molecule has 0 bridgehead atoms. The number of rotatable bonds is 6. The number of ether oxygens (including phenoxy) is 1. The number of nitrogens with zero attached hydrogens (tertiary/aromatic N) is 1. The highest BCUT2D eigenvalue weighted by Gasteiger charge is 2.24. The number of benzene rings is 1. The zero-order valence-electron chi connectivity index (χ0n) is 12.1. The maximum absolute atomic E-state index is 12.0. The fourth-order valence-corrected chi connectivity index (χ4v) is 1.69. The Balaban J connectivity index is 2.42. The van der Waals surface area contributed by atoms with E-state index in [1.54, 1.807) is 31.2 Å². The third-order valence-electron chi connectivity index (χ3n) is 2.76. The largest absolute Gasteiger partial charge is 0.445 e. The molecule has 0 N–H and O–H groups in total. The van der Waals surface area contributed by atoms with Crippen molar-refractivity contribution in [1.82, 2.24) is 4.90 Å². The van der Waals surface area contributed by atoms with Crippen LogP contribution in [0.15, 0.2) is 36.4 Å². The third-order valence-corrected chi connectivity index (χ3v) is 3.01. The Hall–Kier alpha value is -1.69. The quantitative estimate of drug-likeness (QED) is 0.698. The number of carbonyl (C=O) groups is 1. The molecule has 0 aromatic heterocycles. The first-order valence-corrected chi connectivity index (χ1v) is 7.07. The van der Waals surface area contributed by atoms with Crippen molar-refractivity contribution in [3.63, 3.8) is 0 Å². The molecule has 0 saturated heterocycles. The molecular weight excluding hydrogens is 319 g/mol. The lowest BCUT2D eigenvalue weighted by Gasteiger charge is -2.18. The Labute approximate surface area is 132 Å². The van der Waals surface area contributed by atoms with Gasteiger partial charge in [-0.25, -0.2) is 4.79 Å². The van der Waals surface area contributed by atoms with Crippen LogP contribution in [0.5, 0.6) is 0 Å². The minimum absolute atomic E-state index is 0.0754. The highest BCUT2D eigenvalue weighted by molar-refractivity contribution is 6.30. The molecule has 1 rings (SSSR count). The maximum Gasteiger partial charge on any atom is 0.410 e. The van der Waals surface area contributed by atoms with Gasteiger partial charge >= 0.3 is 12.3 Å². The van der Waals surface area contributed by atoms with Crippen LogP contribution in [0, 0.1) is 0 Å². The van der Waals surface area contributed by atoms with Crippen molar-refractivity contribution in [2.24, 2.45) is 0 Å². The van der Waals surface area contributed by atoms with Crippen LogP contribution in [0.4, 0.5) is 18.0 Å². The Morgan fingerprint density at radius 1 is 1.27 bits per heavy atom. The first kappa shape index (κ1) is 18.4. The van der Waals surface area contributed by atoms with Crippen molar-refractivity contribution in [1.29, 1.82) is 0 Å². The first-order chi connectivity index (χ1) is 10.3. The number of halogens is 4. The number of likely N-dealkylation sites (N-methyl/N-ethyl adjacent to an activating group) is 1. The number of hydrogen-bond acceptors (Lipinski definition) is 2. The van der Waals surface area contributed by atoms with Gasteiger partial charge < -0.3 is 9.64 Å². The van der Waals surface area contributed by atoms with E-state index in [0.29, 0.717) is 11.6 Å². The van der Waals surface area contributed by atoms with Gasteiger partial charge in [0.25, 0.3) is 0 Å². The summed E-state index contributed by atoms with van der Waals surface area (Å²) in [6.07, 6.45) is -3.52. The van der Waals surface area contributed by atoms with Crippen LogP contribution in [0.1, 0.15) is 18.9 Å². The zero-order valence-corrected chi connectivity index (χ0v) is 12.8. The van der Waals surface area contributed by atoms with E-state index in [2.05, 4.69) is 0 Å². The molecule has 3 nitrogen and oxygen atoms in total. The van der Waals surface area contributed by atoms with Gasteiger partial charge in [0.2, 0.25) is 0 Å². The van der Waals surface area contributed by atoms with Gasteiger partial charge in [0.05, 0.1) is 6.42 Å². The second-order valence-electron chi connectivity index (χ2n) is 4.51. The van der Waals surface area contributed by atoms with Crippen LogP contribution in [0.2, 0.25) is 5.02 Å². The van der Waals surface area contributed by atoms with Gasteiger partial charge in [-0.15, -0.1) is 0 Å². The summed E-state index contributed by atoms with van der Waals surface area (Å²) in [5.74, 6) is 0. The highest BCUT2D eigenvalue weighted by atomic mass is 35.5. The summed E-state index contributed by atoms with van der Waals surface area (Å²) < 4.78 is 41.1. The van der Waals surface area contributed by atoms with E-state index in [-0.39, 0.29) is 13.2 Å². The lowest BCUT2D eigenvalue weighted by molar-refractivity contribution is -0.125. The van der Waals surface area contributed by atoms with Crippen molar-refractivity contribution < 1.29 is 22.7 Å². The molecule has 1 amide bonds. The van der Waals surface area contributed by atoms with Crippen LogP contribution in [0.25, 0.3) is 0 Å². The molecule has 122 valence electrons. The van der Waals surface area contributed by atoms with E-state index in [0.717, 1.165) is 11.6 Å². The summed E-state index contributed by atoms with van der Waals surface area (Å²) in [6.45, 7) is 2.22. The molecule has 7 heteroatoms. The van der Waals surface area contributed by atoms with E-state index in [9.17, 15) is 18.0 Å². The van der Waals surface area contributed by atoms with E-state index in [1.165, 1.54) is 11.0 Å². The van der Waals surface area contributed by atoms with Crippen molar-refractivity contribution in [2.75, 3.05) is 13.1 Å². The predicted octanol–water partition coefficient (Wildman–Crippen LogP) is 4.81. The molecule has 0 fully saturated rings. The second kappa shape index (κ2) is 8.68. The molecule has 0 atom stereocenters. The number of alkyl halides is 3. The summed E-state index contributed by atoms with van der Waals surface area (Å²) in [5.41, 5.74) is 0.779. The third kappa shape index (κ3) is 7.36. The van der Waals surface area contributed by atoms with E-state index in [1.807, 2.05) is 0 Å². The molecule has 0 aliphatic carbocycles. The zero-order chi connectivity index (χ0) is 16.6. The molecule has 1 aromatic rings. The van der Waals surface area contributed by atoms with Gasteiger partial charge in [-0.05, 0) is 24.6 Å². The second-order valence-corrected chi connectivity index (χ2v) is 4.95. The van der Waals surface area contributed by atoms with E-state index in [4.69, 9.17) is 16.3 Å². The van der Waals surface area contributed by atoms with Gasteiger partial charge in [0, 0.05) is 18.1 Å². The summed E-state index contributed by atoms with van der Waals surface area (Å²) in [7, 11) is 0. The Morgan fingerprint density at radius 3 is 2.45 bits per heavy atom. The van der Waals surface area contributed by atoms with Crippen molar-refractivity contribution in [3.05, 3.63) is 47.0 Å². The predicted molar refractivity (Wildman–Crippen MR) is 78.7 cm³/mol. The van der Waals surface area contributed by atoms with E-state index >= 15 is 0 Å². The van der Waals surface area contributed by atoms with Crippen LogP contribution in [0.3, 0.4) is 0 Å². The number of amides is 1. The smallest absolute Gasteiger partial charge is 0.410 e. The van der Waals surface area contributed by atoms with Crippen LogP contribution in [-0.2, 0) is 11.3 Å². The topological polar surface area (TPSA) is 29.5 Å². The Kier molecular flexibility index (Phi) is 7.24. The number of allylic oxidation sites excluding steroid dienone is 1. The van der Waals surface area contributed by atoms with Gasteiger partial charge in [-0.2, -0.15) is 13.2 Å². The molecule has 0 saturated carbocycles. The van der Waals surface area contributed by atoms with Crippen LogP contribution >= 0.6 is 11.6 Å². The van der Waals surface area contributed by atoms with Crippen LogP contribution in [-0.4, -0.2) is 30.3 Å². The summed E-state index contributed by atoms with van der Waals surface area (Å²) in [6, 6.07) is 6.83. The van der Waals surface area contributed by atoms with Gasteiger partial charge in [0.1, 0.15) is 6.61 Å². The van der Waals surface area contributed by atoms with Crippen molar-refractivity contribution in [2.45, 2.75) is 26.1 Å². The molecule has 0 aliphatic rings. The SMILES string of the molecule is CCN(C/C=C/CC(F)(F)F)C(=O)OCc1ccc(Cl)cc1. The summed E-state index contributed by atoms with van der Waals surface area (Å²) in [4.78, 5) is 13.1. The fraction of sp³-hybridized carbons (Fsp3) is 0.400. The average Bonchev–Trinajstić information content (AvgIpc) is 2.45. The molecular formula is C15H17ClF3NO2. The molecule has 0 radical (unpaired) electrons. The standard InChI is InChI=1S/C15H17ClF3NO2/c1-2-20(10-4-3-9-15(17,18)19)14(21)22-11-12-5-7-13(16)8-6-12/h3-8H,2,9-11H2,1H3/b4-3+. The normalized spacial score (nSPS) is 11.7. The molecule has 1 aromatic carbocycles. The molecule has 0 heterocycles. The van der Waals surface area contributed by atoms with Crippen LogP contribution < -0.4 is 0 Å². The fourth-order valence-electron chi connectivity index (χ4n) is 1.57. The Bertz CT molecular complexity index is 501. The molecule has 0 aliphatic heterocycles. The number of hydrogen-bond donors (Lipinski definition) is 0. The average molecular weight is 336 g/mol. The molecule has 0 unspecified atom stereocenters. The van der Waals surface area contributed by atoms with E-state index < -0.39 is 18.7 Å². The maximum atomic E-state index is 12.0. The highest BCUT2D eigenvalue weighted by Crippen LogP contribution is 2.19. The molecule has 22 heavy (non-hydrogen) atoms. The molecule has 0 spiro atoms. The lowest BCUT2D eigenvalue weighted by atomic mass is 10.2. The minimum Gasteiger partial charge on any atom is -0.445 e. The van der Waals surface area contributed by atoms with Gasteiger partial charge in [0.15, 0.2) is 0 Å². The number of carbonyl (C=O) groups excluding carboxylic acids is 1. The van der Waals surface area contributed by atoms with Crippen molar-refractivity contribution in [3.8, 4) is 0 Å². The summed E-state index contributed by atoms with van der Waals surface area (Å²) in [5, 5.41) is 0.583. The summed E-state index contributed by atoms with van der Waals surface area (Å²) >= 11 is 5.75. The van der Waals surface area contributed by atoms with Gasteiger partial charge in [-0.1, -0.05) is 35.9 Å². The monoisotopic (exact) mass is 335 g/mol. The first-order valence-electron chi connectivity index (χ1n) is 6.69. The lowest BCUT2D eigenvalue weighted by Crippen LogP contribution is -2.31. The minimum atomic E-state index is -4.23. The Morgan fingerprint density at radius 2 is 1.91 bits per heavy atom.